The Hall–Kier alpha value is -2.61. The summed E-state index contributed by atoms with van der Waals surface area (Å²) >= 11 is 1.01. The van der Waals surface area contributed by atoms with Crippen LogP contribution in [-0.2, 0) is 9.53 Å². The van der Waals surface area contributed by atoms with Gasteiger partial charge in [-0.05, 0) is 37.5 Å². The number of aromatic nitrogens is 1. The summed E-state index contributed by atoms with van der Waals surface area (Å²) in [6.45, 7) is 3.56. The SMILES string of the molecule is CCOc1ccccc1NC(=O)COC(=O)c1c(C)nsc1N. The Kier molecular flexibility index (Phi) is 5.53. The van der Waals surface area contributed by atoms with Crippen molar-refractivity contribution in [2.24, 2.45) is 0 Å². The third-order valence-corrected chi connectivity index (χ3v) is 3.65. The minimum atomic E-state index is -0.665. The number of nitrogens with two attached hydrogens (primary N) is 1. The Morgan fingerprint density at radius 1 is 1.35 bits per heavy atom. The highest BCUT2D eigenvalue weighted by Gasteiger charge is 2.19. The van der Waals surface area contributed by atoms with Crippen LogP contribution in [0.5, 0.6) is 5.75 Å². The number of amides is 1. The number of esters is 1. The summed E-state index contributed by atoms with van der Waals surface area (Å²) in [6.07, 6.45) is 0. The van der Waals surface area contributed by atoms with Gasteiger partial charge in [0.25, 0.3) is 5.91 Å². The topological polar surface area (TPSA) is 104 Å². The summed E-state index contributed by atoms with van der Waals surface area (Å²) in [4.78, 5) is 23.9. The maximum Gasteiger partial charge on any atom is 0.343 e. The molecule has 7 nitrogen and oxygen atoms in total. The molecule has 0 bridgehead atoms. The van der Waals surface area contributed by atoms with Gasteiger partial charge in [0.15, 0.2) is 6.61 Å². The highest BCUT2D eigenvalue weighted by Crippen LogP contribution is 2.24. The molecule has 23 heavy (non-hydrogen) atoms. The van der Waals surface area contributed by atoms with Gasteiger partial charge in [0.1, 0.15) is 16.3 Å². The van der Waals surface area contributed by atoms with Gasteiger partial charge in [0.2, 0.25) is 0 Å². The molecule has 1 heterocycles. The van der Waals surface area contributed by atoms with Crippen molar-refractivity contribution >= 4 is 34.1 Å². The van der Waals surface area contributed by atoms with E-state index in [1.807, 2.05) is 6.92 Å². The summed E-state index contributed by atoms with van der Waals surface area (Å²) in [5.74, 6) is -0.580. The smallest absolute Gasteiger partial charge is 0.343 e. The van der Waals surface area contributed by atoms with Crippen molar-refractivity contribution < 1.29 is 19.1 Å². The normalized spacial score (nSPS) is 10.2. The number of nitrogens with one attached hydrogen (secondary N) is 1. The number of benzene rings is 1. The summed E-state index contributed by atoms with van der Waals surface area (Å²) < 4.78 is 14.3. The van der Waals surface area contributed by atoms with Gasteiger partial charge < -0.3 is 20.5 Å². The van der Waals surface area contributed by atoms with Crippen LogP contribution in [0.25, 0.3) is 0 Å². The second-order valence-electron chi connectivity index (χ2n) is 4.56. The summed E-state index contributed by atoms with van der Waals surface area (Å²) in [5, 5.41) is 2.91. The highest BCUT2D eigenvalue weighted by molar-refractivity contribution is 7.10. The van der Waals surface area contributed by atoms with Gasteiger partial charge in [-0.1, -0.05) is 12.1 Å². The second-order valence-corrected chi connectivity index (χ2v) is 5.37. The number of anilines is 2. The van der Waals surface area contributed by atoms with E-state index in [0.29, 0.717) is 23.7 Å². The van der Waals surface area contributed by atoms with Gasteiger partial charge in [-0.2, -0.15) is 4.37 Å². The van der Waals surface area contributed by atoms with Crippen molar-refractivity contribution in [2.45, 2.75) is 13.8 Å². The van der Waals surface area contributed by atoms with Crippen LogP contribution in [0.3, 0.4) is 0 Å². The predicted octanol–water partition coefficient (Wildman–Crippen LogP) is 2.23. The van der Waals surface area contributed by atoms with Crippen LogP contribution in [0.15, 0.2) is 24.3 Å². The van der Waals surface area contributed by atoms with Gasteiger partial charge in [-0.15, -0.1) is 0 Å². The highest BCUT2D eigenvalue weighted by atomic mass is 32.1. The van der Waals surface area contributed by atoms with Crippen LogP contribution in [0.1, 0.15) is 23.0 Å². The molecule has 3 N–H and O–H groups in total. The van der Waals surface area contributed by atoms with Crippen LogP contribution in [0.2, 0.25) is 0 Å². The summed E-state index contributed by atoms with van der Waals surface area (Å²) in [7, 11) is 0. The number of nitrogen functional groups attached to an aromatic ring is 1. The van der Waals surface area contributed by atoms with Gasteiger partial charge in [-0.25, -0.2) is 4.79 Å². The minimum Gasteiger partial charge on any atom is -0.492 e. The van der Waals surface area contributed by atoms with Crippen molar-refractivity contribution in [3.05, 3.63) is 35.5 Å². The zero-order valence-electron chi connectivity index (χ0n) is 12.8. The van der Waals surface area contributed by atoms with Crippen LogP contribution in [-0.4, -0.2) is 29.5 Å². The quantitative estimate of drug-likeness (QED) is 0.785. The zero-order valence-corrected chi connectivity index (χ0v) is 13.6. The van der Waals surface area contributed by atoms with E-state index in [0.717, 1.165) is 11.5 Å². The number of aryl methyl sites for hydroxylation is 1. The van der Waals surface area contributed by atoms with Gasteiger partial charge >= 0.3 is 5.97 Å². The molecule has 0 saturated carbocycles. The van der Waals surface area contributed by atoms with Crippen molar-refractivity contribution in [3.63, 3.8) is 0 Å². The molecule has 0 atom stereocenters. The second kappa shape index (κ2) is 7.59. The Morgan fingerprint density at radius 3 is 2.74 bits per heavy atom. The monoisotopic (exact) mass is 335 g/mol. The fraction of sp³-hybridized carbons (Fsp3) is 0.267. The molecule has 0 aliphatic heterocycles. The number of ether oxygens (including phenoxy) is 2. The Labute approximate surface area is 137 Å². The first-order valence-corrected chi connectivity index (χ1v) is 7.70. The van der Waals surface area contributed by atoms with E-state index in [1.165, 1.54) is 0 Å². The lowest BCUT2D eigenvalue weighted by molar-refractivity contribution is -0.119. The minimum absolute atomic E-state index is 0.206. The third-order valence-electron chi connectivity index (χ3n) is 2.89. The van der Waals surface area contributed by atoms with E-state index < -0.39 is 18.5 Å². The number of hydrogen-bond donors (Lipinski definition) is 2. The predicted molar refractivity (Wildman–Crippen MR) is 87.8 cm³/mol. The number of rotatable bonds is 6. The fourth-order valence-corrected chi connectivity index (χ4v) is 2.53. The molecule has 0 saturated heterocycles. The van der Waals surface area contributed by atoms with E-state index in [2.05, 4.69) is 9.69 Å². The van der Waals surface area contributed by atoms with Crippen LogP contribution in [0.4, 0.5) is 10.7 Å². The number of nitrogens with zero attached hydrogens (tertiary/aromatic N) is 1. The lowest BCUT2D eigenvalue weighted by Gasteiger charge is -2.11. The molecule has 8 heteroatoms. The molecule has 1 aromatic carbocycles. The van der Waals surface area contributed by atoms with Crippen molar-refractivity contribution in [1.29, 1.82) is 0 Å². The Morgan fingerprint density at radius 2 is 2.09 bits per heavy atom. The lowest BCUT2D eigenvalue weighted by Crippen LogP contribution is -2.21. The Balaban J connectivity index is 1.94. The van der Waals surface area contributed by atoms with Gasteiger partial charge in [0.05, 0.1) is 18.0 Å². The molecule has 0 fully saturated rings. The number of para-hydroxylation sites is 2. The Bertz CT molecular complexity index is 695. The number of hydrogen-bond acceptors (Lipinski definition) is 7. The molecule has 2 aromatic rings. The maximum absolute atomic E-state index is 11.9. The van der Waals surface area contributed by atoms with Gasteiger partial charge in [0, 0.05) is 0 Å². The van der Waals surface area contributed by atoms with E-state index in [-0.39, 0.29) is 10.6 Å². The molecule has 0 aliphatic rings. The van der Waals surface area contributed by atoms with Crippen molar-refractivity contribution in [3.8, 4) is 5.75 Å². The van der Waals surface area contributed by atoms with Crippen LogP contribution >= 0.6 is 11.5 Å². The molecule has 1 amide bonds. The number of carbonyl (C=O) groups excluding carboxylic acids is 2. The third kappa shape index (κ3) is 4.19. The molecule has 2 rings (SSSR count). The first kappa shape index (κ1) is 16.8. The molecule has 0 aliphatic carbocycles. The average Bonchev–Trinajstić information content (AvgIpc) is 2.86. The van der Waals surface area contributed by atoms with E-state index >= 15 is 0 Å². The van der Waals surface area contributed by atoms with E-state index in [4.69, 9.17) is 15.2 Å². The van der Waals surface area contributed by atoms with E-state index in [9.17, 15) is 9.59 Å². The van der Waals surface area contributed by atoms with Crippen LogP contribution < -0.4 is 15.8 Å². The van der Waals surface area contributed by atoms with Crippen molar-refractivity contribution in [1.82, 2.24) is 4.37 Å². The molecule has 0 unspecified atom stereocenters. The average molecular weight is 335 g/mol. The largest absolute Gasteiger partial charge is 0.492 e. The molecule has 122 valence electrons. The van der Waals surface area contributed by atoms with Crippen molar-refractivity contribution in [2.75, 3.05) is 24.3 Å². The standard InChI is InChI=1S/C15H17N3O4S/c1-3-21-11-7-5-4-6-10(11)17-12(19)8-22-15(20)13-9(2)18-23-14(13)16/h4-7H,3,8,16H2,1-2H3,(H,17,19). The lowest BCUT2D eigenvalue weighted by atomic mass is 10.2. The van der Waals surface area contributed by atoms with E-state index in [1.54, 1.807) is 31.2 Å². The van der Waals surface area contributed by atoms with Crippen LogP contribution in [0, 0.1) is 6.92 Å². The molecule has 0 radical (unpaired) electrons. The zero-order chi connectivity index (χ0) is 16.8. The maximum atomic E-state index is 11.9. The summed E-state index contributed by atoms with van der Waals surface area (Å²) in [5.41, 5.74) is 6.87. The molecule has 0 spiro atoms. The molecular formula is C15H17N3O4S. The summed E-state index contributed by atoms with van der Waals surface area (Å²) in [6, 6.07) is 7.02. The molecular weight excluding hydrogens is 318 g/mol. The fourth-order valence-electron chi connectivity index (χ4n) is 1.88. The first-order chi connectivity index (χ1) is 11.0. The van der Waals surface area contributed by atoms with Gasteiger partial charge in [-0.3, -0.25) is 4.79 Å². The first-order valence-electron chi connectivity index (χ1n) is 6.93. The molecule has 1 aromatic heterocycles. The number of carbonyl (C=O) groups is 2.